The Morgan fingerprint density at radius 1 is 0.739 bits per heavy atom. The van der Waals surface area contributed by atoms with Crippen molar-refractivity contribution in [1.29, 1.82) is 0 Å². The summed E-state index contributed by atoms with van der Waals surface area (Å²) in [5.74, 6) is 2.45. The summed E-state index contributed by atoms with van der Waals surface area (Å²) in [6.07, 6.45) is 1.34. The highest BCUT2D eigenvalue weighted by Crippen LogP contribution is 2.36. The van der Waals surface area contributed by atoms with Gasteiger partial charge in [0.1, 0.15) is 0 Å². The lowest BCUT2D eigenvalue weighted by molar-refractivity contribution is -0.121. The summed E-state index contributed by atoms with van der Waals surface area (Å²) in [6, 6.07) is 15.8. The predicted molar refractivity (Wildman–Crippen MR) is 177 cm³/mol. The van der Waals surface area contributed by atoms with Gasteiger partial charge in [-0.05, 0) is 48.4 Å². The minimum absolute atomic E-state index is 0.121. The molecule has 0 aliphatic carbocycles. The van der Waals surface area contributed by atoms with Gasteiger partial charge in [0, 0.05) is 69.1 Å². The molecule has 242 valence electrons. The second-order valence-corrected chi connectivity index (χ2v) is 11.6. The quantitative estimate of drug-likeness (QED) is 0.224. The Hall–Kier alpha value is -4.77. The number of piperazine rings is 1. The van der Waals surface area contributed by atoms with Crippen molar-refractivity contribution in [3.05, 3.63) is 65.4 Å². The van der Waals surface area contributed by atoms with Crippen LogP contribution in [-0.4, -0.2) is 87.7 Å². The van der Waals surface area contributed by atoms with Crippen molar-refractivity contribution in [3.63, 3.8) is 0 Å². The van der Waals surface area contributed by atoms with Gasteiger partial charge in [-0.3, -0.25) is 24.1 Å². The first kappa shape index (κ1) is 31.2. The van der Waals surface area contributed by atoms with Gasteiger partial charge in [0.25, 0.3) is 0 Å². The van der Waals surface area contributed by atoms with Gasteiger partial charge in [-0.2, -0.15) is 5.10 Å². The molecule has 0 atom stereocenters. The number of aromatic nitrogens is 2. The molecule has 11 heteroatoms. The van der Waals surface area contributed by atoms with Crippen LogP contribution in [0.2, 0.25) is 0 Å². The number of rotatable bonds is 11. The molecular weight excluding hydrogens is 586 g/mol. The minimum atomic E-state index is -0.121. The Kier molecular flexibility index (Phi) is 9.03. The number of carbonyl (C=O) groups is 2. The summed E-state index contributed by atoms with van der Waals surface area (Å²) < 4.78 is 24.2. The standard InChI is InChI=1S/C35H41N5O6/c1-23-27(7-6-8-28(23)40-34(41)11-12-35(40)42)38-17-15-37(16-18-38)14-13-26-25-20-32(45-4)33(46-5)21-29(25)39(36-26)22-24-9-10-30(43-2)31(19-24)44-3/h6-10,19-21H,11-18,22H2,1-5H3. The van der Waals surface area contributed by atoms with E-state index in [0.717, 1.165) is 72.6 Å². The Balaban J connectivity index is 1.18. The third kappa shape index (κ3) is 5.94. The second-order valence-electron chi connectivity index (χ2n) is 11.6. The normalized spacial score (nSPS) is 15.6. The molecule has 0 saturated carbocycles. The molecule has 2 saturated heterocycles. The molecule has 1 aromatic heterocycles. The van der Waals surface area contributed by atoms with Crippen molar-refractivity contribution in [2.45, 2.75) is 32.7 Å². The zero-order chi connectivity index (χ0) is 32.4. The number of ether oxygens (including phenoxy) is 4. The number of benzene rings is 3. The Labute approximate surface area is 269 Å². The molecule has 6 rings (SSSR count). The zero-order valence-electron chi connectivity index (χ0n) is 27.2. The van der Waals surface area contributed by atoms with Crippen molar-refractivity contribution in [1.82, 2.24) is 14.7 Å². The van der Waals surface area contributed by atoms with Crippen LogP contribution in [0.25, 0.3) is 10.9 Å². The molecule has 2 aliphatic rings. The molecule has 0 N–H and O–H groups in total. The molecule has 0 radical (unpaired) electrons. The van der Waals surface area contributed by atoms with E-state index in [-0.39, 0.29) is 24.7 Å². The summed E-state index contributed by atoms with van der Waals surface area (Å²) in [5.41, 5.74) is 5.76. The molecule has 11 nitrogen and oxygen atoms in total. The fourth-order valence-electron chi connectivity index (χ4n) is 6.54. The van der Waals surface area contributed by atoms with E-state index in [4.69, 9.17) is 24.0 Å². The van der Waals surface area contributed by atoms with Crippen LogP contribution in [0.5, 0.6) is 23.0 Å². The maximum atomic E-state index is 12.4. The van der Waals surface area contributed by atoms with Gasteiger partial charge in [0.2, 0.25) is 11.8 Å². The van der Waals surface area contributed by atoms with Crippen LogP contribution in [0, 0.1) is 6.92 Å². The monoisotopic (exact) mass is 627 g/mol. The van der Waals surface area contributed by atoms with Gasteiger partial charge in [-0.1, -0.05) is 12.1 Å². The minimum Gasteiger partial charge on any atom is -0.493 e. The molecule has 0 spiro atoms. The van der Waals surface area contributed by atoms with Gasteiger partial charge < -0.3 is 23.8 Å². The van der Waals surface area contributed by atoms with E-state index in [0.29, 0.717) is 35.2 Å². The molecule has 0 bridgehead atoms. The predicted octanol–water partition coefficient (Wildman–Crippen LogP) is 4.45. The van der Waals surface area contributed by atoms with Crippen LogP contribution in [0.4, 0.5) is 11.4 Å². The van der Waals surface area contributed by atoms with Crippen LogP contribution >= 0.6 is 0 Å². The molecule has 2 fully saturated rings. The van der Waals surface area contributed by atoms with Crippen LogP contribution in [0.1, 0.15) is 29.7 Å². The van der Waals surface area contributed by atoms with Gasteiger partial charge in [0.15, 0.2) is 23.0 Å². The Morgan fingerprint density at radius 3 is 2.04 bits per heavy atom. The average Bonchev–Trinajstić information content (AvgIpc) is 3.60. The molecular formula is C35H41N5O6. The lowest BCUT2D eigenvalue weighted by Crippen LogP contribution is -2.47. The maximum absolute atomic E-state index is 12.4. The second kappa shape index (κ2) is 13.3. The lowest BCUT2D eigenvalue weighted by atomic mass is 10.1. The molecule has 3 aromatic carbocycles. The van der Waals surface area contributed by atoms with E-state index in [1.54, 1.807) is 28.4 Å². The number of fused-ring (bicyclic) bond motifs is 1. The van der Waals surface area contributed by atoms with Crippen molar-refractivity contribution in [2.24, 2.45) is 0 Å². The summed E-state index contributed by atoms with van der Waals surface area (Å²) in [6.45, 7) is 6.91. The largest absolute Gasteiger partial charge is 0.493 e. The van der Waals surface area contributed by atoms with Crippen LogP contribution in [0.3, 0.4) is 0 Å². The fraction of sp³-hybridized carbons (Fsp3) is 0.400. The van der Waals surface area contributed by atoms with Gasteiger partial charge in [-0.25, -0.2) is 0 Å². The van der Waals surface area contributed by atoms with E-state index in [1.807, 2.05) is 54.1 Å². The van der Waals surface area contributed by atoms with Crippen molar-refractivity contribution in [2.75, 3.05) is 71.0 Å². The van der Waals surface area contributed by atoms with Crippen molar-refractivity contribution in [3.8, 4) is 23.0 Å². The van der Waals surface area contributed by atoms with Gasteiger partial charge >= 0.3 is 0 Å². The van der Waals surface area contributed by atoms with E-state index < -0.39 is 0 Å². The Morgan fingerprint density at radius 2 is 1.37 bits per heavy atom. The number of methoxy groups -OCH3 is 4. The van der Waals surface area contributed by atoms with Crippen molar-refractivity contribution >= 4 is 34.1 Å². The topological polar surface area (TPSA) is 98.6 Å². The zero-order valence-corrected chi connectivity index (χ0v) is 27.2. The first-order valence-electron chi connectivity index (χ1n) is 15.6. The van der Waals surface area contributed by atoms with E-state index in [2.05, 4.69) is 15.9 Å². The molecule has 0 unspecified atom stereocenters. The summed E-state index contributed by atoms with van der Waals surface area (Å²) >= 11 is 0. The number of anilines is 2. The SMILES string of the molecule is COc1ccc(Cn2nc(CCN3CCN(c4cccc(N5C(=O)CCC5=O)c4C)CC3)c3cc(OC)c(OC)cc32)cc1OC. The lowest BCUT2D eigenvalue weighted by Gasteiger charge is -2.37. The first-order valence-corrected chi connectivity index (χ1v) is 15.6. The first-order chi connectivity index (χ1) is 22.3. The number of hydrogen-bond donors (Lipinski definition) is 0. The highest BCUT2D eigenvalue weighted by Gasteiger charge is 2.32. The van der Waals surface area contributed by atoms with Crippen LogP contribution < -0.4 is 28.7 Å². The number of carbonyl (C=O) groups excluding carboxylic acids is 2. The highest BCUT2D eigenvalue weighted by molar-refractivity contribution is 6.20. The molecule has 46 heavy (non-hydrogen) atoms. The van der Waals surface area contributed by atoms with Crippen molar-refractivity contribution < 1.29 is 28.5 Å². The van der Waals surface area contributed by atoms with Gasteiger partial charge in [-0.15, -0.1) is 0 Å². The molecule has 3 heterocycles. The van der Waals surface area contributed by atoms with Crippen LogP contribution in [0.15, 0.2) is 48.5 Å². The van der Waals surface area contributed by atoms with Gasteiger partial charge in [0.05, 0.1) is 51.9 Å². The third-order valence-corrected chi connectivity index (χ3v) is 9.06. The van der Waals surface area contributed by atoms with E-state index in [9.17, 15) is 9.59 Å². The highest BCUT2D eigenvalue weighted by atomic mass is 16.5. The summed E-state index contributed by atoms with van der Waals surface area (Å²) in [5, 5.41) is 6.13. The number of hydrogen-bond acceptors (Lipinski definition) is 9. The number of imide groups is 1. The molecule has 2 amide bonds. The molecule has 4 aromatic rings. The average molecular weight is 628 g/mol. The summed E-state index contributed by atoms with van der Waals surface area (Å²) in [7, 11) is 6.56. The van der Waals surface area contributed by atoms with E-state index in [1.165, 1.54) is 4.90 Å². The maximum Gasteiger partial charge on any atom is 0.234 e. The van der Waals surface area contributed by atoms with Crippen LogP contribution in [-0.2, 0) is 22.6 Å². The number of amides is 2. The Bertz CT molecular complexity index is 1740. The van der Waals surface area contributed by atoms with E-state index >= 15 is 0 Å². The summed E-state index contributed by atoms with van der Waals surface area (Å²) in [4.78, 5) is 31.0. The third-order valence-electron chi connectivity index (χ3n) is 9.06. The molecule has 2 aliphatic heterocycles. The number of nitrogens with zero attached hydrogens (tertiary/aromatic N) is 5. The fourth-order valence-corrected chi connectivity index (χ4v) is 6.54. The smallest absolute Gasteiger partial charge is 0.234 e.